The van der Waals surface area contributed by atoms with Crippen LogP contribution < -0.4 is 10.9 Å². The number of fused-ring (bicyclic) bond motifs is 1. The lowest BCUT2D eigenvalue weighted by Gasteiger charge is -2.26. The summed E-state index contributed by atoms with van der Waals surface area (Å²) in [5, 5.41) is 14.4. The molecule has 0 bridgehead atoms. The first-order valence-electron chi connectivity index (χ1n) is 9.48. The molecule has 1 aromatic heterocycles. The summed E-state index contributed by atoms with van der Waals surface area (Å²) in [6.07, 6.45) is 0. The van der Waals surface area contributed by atoms with Crippen LogP contribution in [0, 0.1) is 6.92 Å². The zero-order chi connectivity index (χ0) is 19.5. The average Bonchev–Trinajstić information content (AvgIpc) is 2.69. The number of benzene rings is 2. The van der Waals surface area contributed by atoms with Crippen molar-refractivity contribution in [3.8, 4) is 5.75 Å². The maximum Gasteiger partial charge on any atom is 0.336 e. The van der Waals surface area contributed by atoms with Crippen LogP contribution in [0.5, 0.6) is 5.75 Å². The van der Waals surface area contributed by atoms with Crippen LogP contribution in [0.2, 0.25) is 0 Å². The smallest absolute Gasteiger partial charge is 0.336 e. The summed E-state index contributed by atoms with van der Waals surface area (Å²) in [5.74, 6) is 0.109. The van der Waals surface area contributed by atoms with E-state index in [1.807, 2.05) is 19.1 Å². The Bertz CT molecular complexity index is 1030. The van der Waals surface area contributed by atoms with Crippen molar-refractivity contribution >= 4 is 41.5 Å². The second kappa shape index (κ2) is 10.7. The van der Waals surface area contributed by atoms with Crippen LogP contribution >= 0.6 is 24.8 Å². The molecule has 2 heterocycles. The molecule has 8 heteroatoms. The number of hydrogen-bond acceptors (Lipinski definition) is 6. The maximum absolute atomic E-state index is 11.8. The first-order chi connectivity index (χ1) is 13.6. The molecule has 2 aromatic carbocycles. The van der Waals surface area contributed by atoms with Gasteiger partial charge in [0, 0.05) is 43.3 Å². The van der Waals surface area contributed by atoms with Crippen molar-refractivity contribution in [3.63, 3.8) is 0 Å². The van der Waals surface area contributed by atoms with Gasteiger partial charge in [0.25, 0.3) is 0 Å². The third-order valence-corrected chi connectivity index (χ3v) is 5.13. The number of nitrogens with zero attached hydrogens (tertiary/aromatic N) is 1. The highest BCUT2D eigenvalue weighted by atomic mass is 35.5. The Morgan fingerprint density at radius 1 is 1.07 bits per heavy atom. The van der Waals surface area contributed by atoms with Crippen LogP contribution in [0.4, 0.5) is 5.69 Å². The molecule has 0 saturated carbocycles. The molecule has 0 unspecified atom stereocenters. The van der Waals surface area contributed by atoms with Crippen molar-refractivity contribution in [1.82, 2.24) is 4.90 Å². The summed E-state index contributed by atoms with van der Waals surface area (Å²) >= 11 is 0. The monoisotopic (exact) mass is 452 g/mol. The van der Waals surface area contributed by atoms with E-state index in [4.69, 9.17) is 9.15 Å². The van der Waals surface area contributed by atoms with Crippen LogP contribution in [0.3, 0.4) is 0 Å². The summed E-state index contributed by atoms with van der Waals surface area (Å²) in [4.78, 5) is 14.1. The summed E-state index contributed by atoms with van der Waals surface area (Å²) in [5.41, 5.74) is 3.63. The highest BCUT2D eigenvalue weighted by Gasteiger charge is 2.13. The van der Waals surface area contributed by atoms with Crippen molar-refractivity contribution in [3.05, 3.63) is 69.6 Å². The number of halogens is 2. The highest BCUT2D eigenvalue weighted by molar-refractivity contribution is 5.86. The van der Waals surface area contributed by atoms with Crippen LogP contribution in [-0.4, -0.2) is 36.3 Å². The van der Waals surface area contributed by atoms with Gasteiger partial charge in [-0.15, -0.1) is 24.8 Å². The second-order valence-corrected chi connectivity index (χ2v) is 7.13. The SMILES string of the molecule is Cc1cc(=O)oc2c(CNc3ccc(CN4CCOCC4)cc3)c(O)ccc12.Cl.Cl. The molecule has 1 fully saturated rings. The molecule has 162 valence electrons. The van der Waals surface area contributed by atoms with Gasteiger partial charge in [-0.25, -0.2) is 4.79 Å². The number of anilines is 1. The van der Waals surface area contributed by atoms with Crippen LogP contribution in [0.15, 0.2) is 51.7 Å². The molecular weight excluding hydrogens is 427 g/mol. The molecule has 0 atom stereocenters. The topological polar surface area (TPSA) is 74.9 Å². The lowest BCUT2D eigenvalue weighted by Crippen LogP contribution is -2.35. The number of aromatic hydroxyl groups is 1. The van der Waals surface area contributed by atoms with Gasteiger partial charge in [-0.3, -0.25) is 4.90 Å². The number of phenolic OH excluding ortho intramolecular Hbond substituents is 1. The number of rotatable bonds is 5. The van der Waals surface area contributed by atoms with Gasteiger partial charge in [0.15, 0.2) is 0 Å². The van der Waals surface area contributed by atoms with Crippen LogP contribution in [0.1, 0.15) is 16.7 Å². The van der Waals surface area contributed by atoms with Crippen molar-refractivity contribution in [2.75, 3.05) is 31.6 Å². The van der Waals surface area contributed by atoms with Gasteiger partial charge in [0.2, 0.25) is 0 Å². The predicted molar refractivity (Wildman–Crippen MR) is 123 cm³/mol. The summed E-state index contributed by atoms with van der Waals surface area (Å²) < 4.78 is 10.8. The molecule has 3 aromatic rings. The molecular formula is C22H26Cl2N2O4. The van der Waals surface area contributed by atoms with Gasteiger partial charge in [0.05, 0.1) is 18.8 Å². The zero-order valence-corrected chi connectivity index (χ0v) is 18.4. The van der Waals surface area contributed by atoms with Gasteiger partial charge in [-0.1, -0.05) is 12.1 Å². The quantitative estimate of drug-likeness (QED) is 0.567. The summed E-state index contributed by atoms with van der Waals surface area (Å²) in [6.45, 7) is 6.65. The molecule has 0 spiro atoms. The molecule has 30 heavy (non-hydrogen) atoms. The van der Waals surface area contributed by atoms with Crippen molar-refractivity contribution in [1.29, 1.82) is 0 Å². The summed E-state index contributed by atoms with van der Waals surface area (Å²) in [6, 6.07) is 13.1. The molecule has 6 nitrogen and oxygen atoms in total. The number of ether oxygens (including phenoxy) is 1. The van der Waals surface area contributed by atoms with E-state index >= 15 is 0 Å². The van der Waals surface area contributed by atoms with E-state index in [-0.39, 0.29) is 30.6 Å². The van der Waals surface area contributed by atoms with E-state index in [1.165, 1.54) is 11.6 Å². The van der Waals surface area contributed by atoms with E-state index in [0.29, 0.717) is 17.7 Å². The molecule has 0 radical (unpaired) electrons. The number of nitrogens with one attached hydrogen (secondary N) is 1. The van der Waals surface area contributed by atoms with E-state index in [0.717, 1.165) is 49.5 Å². The van der Waals surface area contributed by atoms with E-state index in [1.54, 1.807) is 12.1 Å². The largest absolute Gasteiger partial charge is 0.507 e. The molecule has 2 N–H and O–H groups in total. The molecule has 1 aliphatic heterocycles. The van der Waals surface area contributed by atoms with Crippen molar-refractivity contribution in [2.45, 2.75) is 20.0 Å². The van der Waals surface area contributed by atoms with E-state index in [9.17, 15) is 9.90 Å². The Morgan fingerprint density at radius 2 is 1.77 bits per heavy atom. The number of aryl methyl sites for hydroxylation is 1. The fourth-order valence-electron chi connectivity index (χ4n) is 3.54. The minimum atomic E-state index is -0.413. The summed E-state index contributed by atoms with van der Waals surface area (Å²) in [7, 11) is 0. The zero-order valence-electron chi connectivity index (χ0n) is 16.7. The fraction of sp³-hybridized carbons (Fsp3) is 0.318. The van der Waals surface area contributed by atoms with Crippen LogP contribution in [0.25, 0.3) is 11.0 Å². The third-order valence-electron chi connectivity index (χ3n) is 5.13. The lowest BCUT2D eigenvalue weighted by molar-refractivity contribution is 0.0342. The minimum absolute atomic E-state index is 0. The highest BCUT2D eigenvalue weighted by Crippen LogP contribution is 2.29. The van der Waals surface area contributed by atoms with Gasteiger partial charge in [-0.2, -0.15) is 0 Å². The second-order valence-electron chi connectivity index (χ2n) is 7.13. The Hall–Kier alpha value is -2.25. The number of hydrogen-bond donors (Lipinski definition) is 2. The minimum Gasteiger partial charge on any atom is -0.507 e. The molecule has 0 aliphatic carbocycles. The van der Waals surface area contributed by atoms with Crippen molar-refractivity contribution < 1.29 is 14.3 Å². The Balaban J connectivity index is 0.00000160. The van der Waals surface area contributed by atoms with E-state index < -0.39 is 5.63 Å². The van der Waals surface area contributed by atoms with Crippen LogP contribution in [-0.2, 0) is 17.8 Å². The number of phenols is 1. The first kappa shape index (κ1) is 24.0. The Labute approximate surface area is 187 Å². The normalized spacial score (nSPS) is 14.0. The fourth-order valence-corrected chi connectivity index (χ4v) is 3.54. The lowest BCUT2D eigenvalue weighted by atomic mass is 10.1. The van der Waals surface area contributed by atoms with Gasteiger partial charge < -0.3 is 19.6 Å². The van der Waals surface area contributed by atoms with E-state index in [2.05, 4.69) is 22.3 Å². The molecule has 4 rings (SSSR count). The van der Waals surface area contributed by atoms with Gasteiger partial charge in [-0.05, 0) is 42.3 Å². The Morgan fingerprint density at radius 3 is 2.47 bits per heavy atom. The first-order valence-corrected chi connectivity index (χ1v) is 9.48. The number of morpholine rings is 1. The molecule has 1 aliphatic rings. The molecule has 1 saturated heterocycles. The Kier molecular flexibility index (Phi) is 8.55. The molecule has 0 amide bonds. The maximum atomic E-state index is 11.8. The third kappa shape index (κ3) is 5.46. The predicted octanol–water partition coefficient (Wildman–Crippen LogP) is 4.09. The van der Waals surface area contributed by atoms with Gasteiger partial charge >= 0.3 is 5.63 Å². The van der Waals surface area contributed by atoms with Crippen molar-refractivity contribution in [2.24, 2.45) is 0 Å². The average molecular weight is 453 g/mol. The van der Waals surface area contributed by atoms with Gasteiger partial charge in [0.1, 0.15) is 11.3 Å². The standard InChI is InChI=1S/C22H24N2O4.2ClH/c1-15-12-21(26)28-22-18(15)6-7-20(25)19(22)13-23-17-4-2-16(3-5-17)14-24-8-10-27-11-9-24;;/h2-7,12,23,25H,8-11,13-14H2,1H3;2*1H.